The summed E-state index contributed by atoms with van der Waals surface area (Å²) in [4.78, 5) is 33.0. The van der Waals surface area contributed by atoms with Crippen molar-refractivity contribution >= 4 is 28.8 Å². The Morgan fingerprint density at radius 3 is 2.84 bits per heavy atom. The molecule has 8 nitrogen and oxygen atoms in total. The van der Waals surface area contributed by atoms with Crippen molar-refractivity contribution in [2.75, 3.05) is 37.8 Å². The number of fused-ring (bicyclic) bond motifs is 1. The number of carbonyl (C=O) groups is 2. The van der Waals surface area contributed by atoms with Crippen molar-refractivity contribution in [1.29, 1.82) is 0 Å². The van der Waals surface area contributed by atoms with Gasteiger partial charge in [0.25, 0.3) is 5.91 Å². The highest BCUT2D eigenvalue weighted by molar-refractivity contribution is 7.14. The van der Waals surface area contributed by atoms with Crippen LogP contribution in [0.4, 0.5) is 5.69 Å². The van der Waals surface area contributed by atoms with Gasteiger partial charge in [-0.3, -0.25) is 9.59 Å². The number of aromatic nitrogens is 1. The normalized spacial score (nSPS) is 14.5. The fourth-order valence-electron chi connectivity index (χ4n) is 4.50. The van der Waals surface area contributed by atoms with Crippen LogP contribution in [0.1, 0.15) is 38.6 Å². The standard InChI is InChI=1S/C28H32N4O4S/c1-18-25(22-7-8-24-21(16-22)9-11-32(24)28(34)20-5-6-20)31-27(37-18)26(33)30-17-19-3-2-4-23(15-19)36-14-13-35-12-10-29/h2-4,7-8,15-16,20H,5-6,9-14,17,29H2,1H3,(H,30,33). The number of thiazole rings is 1. The first kappa shape index (κ1) is 25.4. The number of benzene rings is 2. The van der Waals surface area contributed by atoms with Crippen LogP contribution in [0.5, 0.6) is 5.75 Å². The summed E-state index contributed by atoms with van der Waals surface area (Å²) in [6, 6.07) is 13.8. The highest BCUT2D eigenvalue weighted by atomic mass is 32.1. The molecule has 9 heteroatoms. The van der Waals surface area contributed by atoms with Crippen molar-refractivity contribution in [3.63, 3.8) is 0 Å². The van der Waals surface area contributed by atoms with E-state index < -0.39 is 0 Å². The third-order valence-corrected chi connectivity index (χ3v) is 7.51. The molecule has 3 aromatic rings. The van der Waals surface area contributed by atoms with E-state index in [1.54, 1.807) is 0 Å². The first-order valence-electron chi connectivity index (χ1n) is 12.7. The molecular formula is C28H32N4O4S. The van der Waals surface area contributed by atoms with Crippen LogP contribution in [0.15, 0.2) is 42.5 Å². The average Bonchev–Trinajstić information content (AvgIpc) is 3.56. The second kappa shape index (κ2) is 11.4. The number of ether oxygens (including phenoxy) is 2. The molecule has 1 aromatic heterocycles. The van der Waals surface area contributed by atoms with Gasteiger partial charge in [-0.15, -0.1) is 11.3 Å². The molecule has 0 radical (unpaired) electrons. The number of hydrogen-bond acceptors (Lipinski definition) is 7. The van der Waals surface area contributed by atoms with Crippen LogP contribution in [-0.4, -0.2) is 49.7 Å². The number of carbonyl (C=O) groups excluding carboxylic acids is 2. The number of amides is 2. The molecule has 2 aromatic carbocycles. The quantitative estimate of drug-likeness (QED) is 0.374. The fourth-order valence-corrected chi connectivity index (χ4v) is 5.35. The molecule has 2 heterocycles. The van der Waals surface area contributed by atoms with Gasteiger partial charge in [0.1, 0.15) is 12.4 Å². The maximum atomic E-state index is 12.9. The Morgan fingerprint density at radius 2 is 2.03 bits per heavy atom. The average molecular weight is 521 g/mol. The lowest BCUT2D eigenvalue weighted by Crippen LogP contribution is -2.30. The van der Waals surface area contributed by atoms with Gasteiger partial charge >= 0.3 is 0 Å². The number of aryl methyl sites for hydroxylation is 1. The minimum atomic E-state index is -0.205. The Hall–Kier alpha value is -3.27. The van der Waals surface area contributed by atoms with Gasteiger partial charge < -0.3 is 25.4 Å². The molecule has 5 rings (SSSR count). The highest BCUT2D eigenvalue weighted by Gasteiger charge is 2.36. The van der Waals surface area contributed by atoms with E-state index in [0.29, 0.717) is 37.9 Å². The molecule has 37 heavy (non-hydrogen) atoms. The van der Waals surface area contributed by atoms with Gasteiger partial charge in [-0.2, -0.15) is 0 Å². The molecule has 1 aliphatic heterocycles. The number of rotatable bonds is 11. The van der Waals surface area contributed by atoms with Crippen LogP contribution < -0.4 is 20.7 Å². The Kier molecular flexibility index (Phi) is 7.83. The largest absolute Gasteiger partial charge is 0.491 e. The zero-order valence-corrected chi connectivity index (χ0v) is 21.8. The van der Waals surface area contributed by atoms with Gasteiger partial charge in [0.15, 0.2) is 5.01 Å². The zero-order chi connectivity index (χ0) is 25.8. The first-order chi connectivity index (χ1) is 18.0. The lowest BCUT2D eigenvalue weighted by molar-refractivity contribution is -0.119. The Balaban J connectivity index is 1.20. The number of hydrogen-bond donors (Lipinski definition) is 2. The predicted molar refractivity (Wildman–Crippen MR) is 144 cm³/mol. The minimum absolute atomic E-state index is 0.205. The number of nitrogens with one attached hydrogen (secondary N) is 1. The van der Waals surface area contributed by atoms with Gasteiger partial charge in [0.05, 0.1) is 18.9 Å². The summed E-state index contributed by atoms with van der Waals surface area (Å²) in [7, 11) is 0. The topological polar surface area (TPSA) is 107 Å². The Morgan fingerprint density at radius 1 is 1.16 bits per heavy atom. The third-order valence-electron chi connectivity index (χ3n) is 6.54. The predicted octanol–water partition coefficient (Wildman–Crippen LogP) is 3.70. The summed E-state index contributed by atoms with van der Waals surface area (Å²) in [6.45, 7) is 5.02. The molecule has 3 N–H and O–H groups in total. The minimum Gasteiger partial charge on any atom is -0.491 e. The van der Waals surface area contributed by atoms with Crippen molar-refractivity contribution in [1.82, 2.24) is 10.3 Å². The van der Waals surface area contributed by atoms with E-state index >= 15 is 0 Å². The molecule has 194 valence electrons. The van der Waals surface area contributed by atoms with Crippen LogP contribution in [0.25, 0.3) is 11.3 Å². The van der Waals surface area contributed by atoms with Crippen LogP contribution in [0.2, 0.25) is 0 Å². The molecule has 0 unspecified atom stereocenters. The molecule has 0 atom stereocenters. The summed E-state index contributed by atoms with van der Waals surface area (Å²) in [5, 5.41) is 3.40. The summed E-state index contributed by atoms with van der Waals surface area (Å²) in [5.41, 5.74) is 10.3. The SMILES string of the molecule is Cc1sc(C(=O)NCc2cccc(OCCOCCN)c2)nc1-c1ccc2c(c1)CCN2C(=O)C1CC1. The van der Waals surface area contributed by atoms with Gasteiger partial charge in [-0.1, -0.05) is 18.2 Å². The maximum absolute atomic E-state index is 12.9. The van der Waals surface area contributed by atoms with E-state index in [4.69, 9.17) is 15.2 Å². The summed E-state index contributed by atoms with van der Waals surface area (Å²) < 4.78 is 11.0. The second-order valence-electron chi connectivity index (χ2n) is 9.36. The maximum Gasteiger partial charge on any atom is 0.280 e. The monoisotopic (exact) mass is 520 g/mol. The highest BCUT2D eigenvalue weighted by Crippen LogP contribution is 2.38. The summed E-state index contributed by atoms with van der Waals surface area (Å²) in [5.74, 6) is 0.986. The lowest BCUT2D eigenvalue weighted by atomic mass is 10.1. The summed E-state index contributed by atoms with van der Waals surface area (Å²) in [6.07, 6.45) is 2.87. The Labute approximate surface area is 220 Å². The molecule has 2 amide bonds. The third kappa shape index (κ3) is 6.01. The fraction of sp³-hybridized carbons (Fsp3) is 0.393. The van der Waals surface area contributed by atoms with Crippen molar-refractivity contribution < 1.29 is 19.1 Å². The zero-order valence-electron chi connectivity index (χ0n) is 21.0. The van der Waals surface area contributed by atoms with E-state index in [1.165, 1.54) is 11.3 Å². The Bertz CT molecular complexity index is 1290. The van der Waals surface area contributed by atoms with Gasteiger partial charge in [-0.25, -0.2) is 4.98 Å². The van der Waals surface area contributed by atoms with Crippen molar-refractivity contribution in [3.05, 3.63) is 63.5 Å². The van der Waals surface area contributed by atoms with Crippen LogP contribution in [-0.2, 0) is 22.5 Å². The smallest absolute Gasteiger partial charge is 0.280 e. The molecule has 0 bridgehead atoms. The molecule has 0 saturated heterocycles. The molecule has 2 aliphatic rings. The van der Waals surface area contributed by atoms with E-state index in [9.17, 15) is 9.59 Å². The van der Waals surface area contributed by atoms with E-state index in [-0.39, 0.29) is 17.7 Å². The number of nitrogens with two attached hydrogens (primary N) is 1. The number of nitrogens with zero attached hydrogens (tertiary/aromatic N) is 2. The first-order valence-corrected chi connectivity index (χ1v) is 13.5. The van der Waals surface area contributed by atoms with Crippen LogP contribution in [0.3, 0.4) is 0 Å². The van der Waals surface area contributed by atoms with E-state index in [0.717, 1.165) is 64.5 Å². The lowest BCUT2D eigenvalue weighted by Gasteiger charge is -2.17. The summed E-state index contributed by atoms with van der Waals surface area (Å²) >= 11 is 1.39. The van der Waals surface area contributed by atoms with Crippen LogP contribution in [0, 0.1) is 12.8 Å². The van der Waals surface area contributed by atoms with Crippen molar-refractivity contribution in [2.45, 2.75) is 32.7 Å². The van der Waals surface area contributed by atoms with Gasteiger partial charge in [0, 0.05) is 41.7 Å². The van der Waals surface area contributed by atoms with Crippen LogP contribution >= 0.6 is 11.3 Å². The molecule has 1 aliphatic carbocycles. The van der Waals surface area contributed by atoms with Gasteiger partial charge in [-0.05, 0) is 61.6 Å². The molecule has 0 spiro atoms. The second-order valence-corrected chi connectivity index (χ2v) is 10.6. The molecular weight excluding hydrogens is 488 g/mol. The van der Waals surface area contributed by atoms with Gasteiger partial charge in [0.2, 0.25) is 5.91 Å². The van der Waals surface area contributed by atoms with Crippen molar-refractivity contribution in [3.8, 4) is 17.0 Å². The van der Waals surface area contributed by atoms with E-state index in [1.807, 2.05) is 48.2 Å². The molecule has 1 fully saturated rings. The van der Waals surface area contributed by atoms with Crippen molar-refractivity contribution in [2.24, 2.45) is 11.7 Å². The van der Waals surface area contributed by atoms with E-state index in [2.05, 4.69) is 16.4 Å². The number of anilines is 1. The molecule has 1 saturated carbocycles.